The number of nitrogens with one attached hydrogen (secondary N) is 1. The molecule has 0 unspecified atom stereocenters. The zero-order valence-corrected chi connectivity index (χ0v) is 79.7. The fourth-order valence-corrected chi connectivity index (χ4v) is 32.8. The first kappa shape index (κ1) is 108. The summed E-state index contributed by atoms with van der Waals surface area (Å²) in [6.45, 7) is 2.82. The Hall–Kier alpha value is -8.19. The number of aliphatic hydroxyl groups is 3. The van der Waals surface area contributed by atoms with Gasteiger partial charge in [0.15, 0.2) is 73.3 Å². The van der Waals surface area contributed by atoms with Gasteiger partial charge in [-0.1, -0.05) is 109 Å². The van der Waals surface area contributed by atoms with Crippen molar-refractivity contribution in [3.8, 4) is 9.79 Å². The average molecular weight is 2120 g/mol. The monoisotopic (exact) mass is 2110 g/mol. The number of fused-ring (bicyclic) bond motifs is 8. The Morgan fingerprint density at radius 3 is 1.06 bits per heavy atom. The minimum Gasteiger partial charge on any atom is -0.430 e. The van der Waals surface area contributed by atoms with E-state index in [9.17, 15) is 140 Å². The van der Waals surface area contributed by atoms with Crippen LogP contribution in [0, 0.1) is 17.8 Å². The van der Waals surface area contributed by atoms with Crippen LogP contribution in [0.15, 0.2) is 243 Å². The maximum Gasteiger partial charge on any atom is 0.480 e. The van der Waals surface area contributed by atoms with Crippen molar-refractivity contribution in [1.29, 1.82) is 0 Å². The molecular weight excluding hydrogens is 2030 g/mol. The van der Waals surface area contributed by atoms with E-state index in [2.05, 4.69) is 163 Å². The summed E-state index contributed by atoms with van der Waals surface area (Å²) in [5.74, 6) is -23.0. The third-order valence-corrected chi connectivity index (χ3v) is 40.9. The molecule has 0 spiro atoms. The van der Waals surface area contributed by atoms with Crippen LogP contribution in [0.3, 0.4) is 0 Å². The van der Waals surface area contributed by atoms with E-state index in [0.717, 1.165) is 51.5 Å². The van der Waals surface area contributed by atoms with E-state index in [1.165, 1.54) is 93.8 Å². The summed E-state index contributed by atoms with van der Waals surface area (Å²) in [4.78, 5) is 12.2. The van der Waals surface area contributed by atoms with Gasteiger partial charge in [-0.2, -0.15) is 83.3 Å². The summed E-state index contributed by atoms with van der Waals surface area (Å²) in [6, 6.07) is 74.0. The first-order chi connectivity index (χ1) is 63.8. The van der Waals surface area contributed by atoms with Crippen molar-refractivity contribution in [3.05, 3.63) is 243 Å². The first-order valence-electron chi connectivity index (χ1n) is 41.6. The molecule has 2 aromatic heterocycles. The number of sulfone groups is 1. The second kappa shape index (κ2) is 41.0. The van der Waals surface area contributed by atoms with Crippen LogP contribution >= 0.6 is 20.9 Å². The number of nitrogens with zero attached hydrogens (tertiary/aromatic N) is 6. The van der Waals surface area contributed by atoms with E-state index in [4.69, 9.17) is 5.11 Å². The molecule has 11 aromatic rings. The van der Waals surface area contributed by atoms with Crippen LogP contribution in [0.4, 0.5) is 79.0 Å². The van der Waals surface area contributed by atoms with E-state index in [0.29, 0.717) is 33.2 Å². The maximum atomic E-state index is 14.0. The van der Waals surface area contributed by atoms with Crippen LogP contribution < -0.4 is 5.32 Å². The number of sulfonamides is 5. The normalized spacial score (nSPS) is 19.6. The molecule has 4 N–H and O–H groups in total. The van der Waals surface area contributed by atoms with E-state index in [1.807, 2.05) is 60.7 Å². The highest BCUT2D eigenvalue weighted by molar-refractivity contribution is 8.13. The number of hydrogen-bond acceptors (Lipinski definition) is 19. The van der Waals surface area contributed by atoms with Gasteiger partial charge in [-0.3, -0.25) is 5.32 Å². The van der Waals surface area contributed by atoms with E-state index < -0.39 is 141 Å². The Morgan fingerprint density at radius 1 is 0.387 bits per heavy atom. The standard InChI is InChI=1S/C20H17OS.C19H15O3S2.C19H15OS.C15H18F9N2O4S2.C9H11F9N3O6S3.C6H14N2/c21-14-13-15-9-11-16(12-10-15)22-19-7-3-1-5-17(19)18-6-2-4-8-20(18)22;20-13-14-9-11-15(12-10-14)23-16-5-1-3-7-18(16)24(21,22)19-8-4-2-6-17(19)23;20-13-14-9-11-15(12-10-14)21-18-7-3-1-5-16(18)17-6-2-4-8-19(17)21;16-12(17,14(20,21)22)13(18,19)15(23,24)32(29,30)26-31(27,28)7-25-11-4-8-1-9(5-11)3-10(2-8)6-11;1-20-2-4-21(5-3-20)30(26,27)8(14,15)6(10,11)7(12,13)28(22,23)19-29(24,25)9(16,17)18;1-7-3-5-8(2)6-4-7/h1-12,21H,13-14H2;1-12,20H,13H2;1-12,20H,13H2;8-10,25H,1-7H2;2-5H2,1H3;3-6H2,1-2H3/q3*+1;2*-1;. The van der Waals surface area contributed by atoms with Gasteiger partial charge >= 0.3 is 45.2 Å². The van der Waals surface area contributed by atoms with Crippen molar-refractivity contribution < 1.29 is 145 Å². The second-order valence-corrected chi connectivity index (χ2v) is 50.0. The Balaban J connectivity index is 0.000000151. The minimum atomic E-state index is -7.88. The number of hydrogen-bond donors (Lipinski definition) is 4. The number of likely N-dealkylation sites (N-methyl/N-ethyl adjacent to an activating group) is 3. The van der Waals surface area contributed by atoms with Crippen LogP contribution in [0.5, 0.6) is 0 Å². The lowest BCUT2D eigenvalue weighted by molar-refractivity contribution is -0.382. The van der Waals surface area contributed by atoms with Crippen LogP contribution in [0.25, 0.3) is 58.4 Å². The van der Waals surface area contributed by atoms with Gasteiger partial charge in [-0.15, -0.1) is 0 Å². The zero-order chi connectivity index (χ0) is 101. The minimum absolute atomic E-state index is 0.00435. The van der Waals surface area contributed by atoms with Crippen LogP contribution in [-0.4, -0.2) is 222 Å². The van der Waals surface area contributed by atoms with Gasteiger partial charge in [-0.05, 0) is 210 Å². The molecule has 0 amide bonds. The number of halogens is 18. The lowest BCUT2D eigenvalue weighted by Crippen LogP contribution is -2.64. The lowest BCUT2D eigenvalue weighted by Gasteiger charge is -2.57. The molecule has 0 atom stereocenters. The lowest BCUT2D eigenvalue weighted by atomic mass is 9.53. The summed E-state index contributed by atoms with van der Waals surface area (Å²) >= 11 is 0. The second-order valence-electron chi connectivity index (χ2n) is 33.2. The molecule has 3 aliphatic heterocycles. The first-order valence-corrected chi connectivity index (χ1v) is 54.1. The number of thiophene rings is 2. The molecule has 9 aromatic carbocycles. The fraction of sp³-hybridized carbons (Fsp3) is 0.386. The quantitative estimate of drug-likeness (QED) is 0.0362. The van der Waals surface area contributed by atoms with Gasteiger partial charge < -0.3 is 38.3 Å². The van der Waals surface area contributed by atoms with Crippen molar-refractivity contribution in [2.24, 2.45) is 17.8 Å². The Morgan fingerprint density at radius 2 is 0.708 bits per heavy atom. The summed E-state index contributed by atoms with van der Waals surface area (Å²) in [5.41, 5.74) is -4.44. The molecule has 49 heteroatoms. The number of rotatable bonds is 22. The van der Waals surface area contributed by atoms with E-state index in [-0.39, 0.29) is 75.9 Å². The molecule has 746 valence electrons. The third-order valence-electron chi connectivity index (χ3n) is 23.7. The molecule has 4 aliphatic carbocycles. The summed E-state index contributed by atoms with van der Waals surface area (Å²) in [5, 5.41) is 14.0. The summed E-state index contributed by atoms with van der Waals surface area (Å²) in [7, 11) is -33.2. The van der Waals surface area contributed by atoms with Crippen molar-refractivity contribution in [2.75, 3.05) is 86.0 Å². The molecular formula is C88H90F18N7O15S9+. The molecule has 137 heavy (non-hydrogen) atoms. The third kappa shape index (κ3) is 21.9. The molecule has 18 rings (SSSR count). The predicted molar refractivity (Wildman–Crippen MR) is 486 cm³/mol. The van der Waals surface area contributed by atoms with Crippen molar-refractivity contribution in [2.45, 2.75) is 133 Å². The van der Waals surface area contributed by atoms with Gasteiger partial charge in [0.1, 0.15) is 20.7 Å². The van der Waals surface area contributed by atoms with Gasteiger partial charge in [0.2, 0.25) is 9.84 Å². The number of piperazine rings is 2. The SMILES string of the molecule is CN1CCN(C)CC1.CN1CCN(S(=O)(=O)C(F)(F)C(F)(F)C(F)(F)S(=O)(=O)[N-]S(=O)(=O)C(F)(F)F)CC1.O=S(=O)(CNC12CC3CC(CC(C3)C1)C2)[N-]S(=O)(=O)C(F)(F)C(F)(F)C(F)(F)C(F)(F)F.O=S1(=O)c2ccccc2[S+](c2ccc(CO)cc2)c2ccccc21.OCCc1ccc(-[s+]2c3ccccc3c3ccccc32)cc1.OCc1ccc(-[s+]2c3ccccc3c3ccccc32)cc1. The smallest absolute Gasteiger partial charge is 0.430 e. The highest BCUT2D eigenvalue weighted by Crippen LogP contribution is 2.60. The zero-order valence-electron chi connectivity index (χ0n) is 72.4. The number of alkyl halides is 18. The molecule has 0 radical (unpaired) electrons. The Labute approximate surface area is 786 Å². The van der Waals surface area contributed by atoms with Crippen molar-refractivity contribution >= 4 is 132 Å². The van der Waals surface area contributed by atoms with Crippen molar-refractivity contribution in [1.82, 2.24) is 24.3 Å². The molecule has 4 saturated carbocycles. The van der Waals surface area contributed by atoms with Gasteiger partial charge in [0, 0.05) is 107 Å². The Kier molecular flexibility index (Phi) is 32.2. The highest BCUT2D eigenvalue weighted by atomic mass is 32.3. The maximum absolute atomic E-state index is 14.0. The molecule has 7 aliphatic rings. The molecule has 5 heterocycles. The van der Waals surface area contributed by atoms with Crippen molar-refractivity contribution in [3.63, 3.8) is 0 Å². The predicted octanol–water partition coefficient (Wildman–Crippen LogP) is 18.7. The molecule has 22 nitrogen and oxygen atoms in total. The Bertz CT molecular complexity index is 6690. The van der Waals surface area contributed by atoms with E-state index in [1.54, 1.807) is 28.4 Å². The van der Waals surface area contributed by atoms with Crippen LogP contribution in [-0.2, 0) is 90.5 Å². The van der Waals surface area contributed by atoms with Gasteiger partial charge in [-0.25, -0.2) is 50.5 Å². The largest absolute Gasteiger partial charge is 0.480 e. The molecule has 4 bridgehead atoms. The van der Waals surface area contributed by atoms with Gasteiger partial charge in [0.05, 0.1) is 29.1 Å². The summed E-state index contributed by atoms with van der Waals surface area (Å²) in [6.07, 6.45) is -2.26. The highest BCUT2D eigenvalue weighted by Gasteiger charge is 2.85. The number of benzene rings is 9. The fourth-order valence-electron chi connectivity index (χ4n) is 16.9. The molecule has 6 fully saturated rings. The number of aliphatic hydroxyl groups excluding tert-OH is 3. The topological polar surface area (TPSA) is 319 Å². The van der Waals surface area contributed by atoms with Crippen LogP contribution in [0.1, 0.15) is 55.2 Å². The average Bonchev–Trinajstić information content (AvgIpc) is 1.29. The summed E-state index contributed by atoms with van der Waals surface area (Å²) < 4.78 is 383. The molecule has 2 saturated heterocycles. The van der Waals surface area contributed by atoms with Gasteiger partial charge in [0.25, 0.3) is 10.0 Å². The van der Waals surface area contributed by atoms with Crippen LogP contribution in [0.2, 0.25) is 0 Å². The van der Waals surface area contributed by atoms with E-state index >= 15 is 0 Å².